The number of ether oxygens (including phenoxy) is 1. The molecule has 0 aromatic carbocycles. The van der Waals surface area contributed by atoms with Crippen molar-refractivity contribution >= 4 is 5.78 Å². The topological polar surface area (TPSA) is 66.8 Å². The van der Waals surface area contributed by atoms with Crippen LogP contribution in [0.1, 0.15) is 47.5 Å². The second kappa shape index (κ2) is 8.61. The molecule has 0 aromatic heterocycles. The number of rotatable bonds is 6. The van der Waals surface area contributed by atoms with E-state index in [0.717, 1.165) is 5.57 Å². The van der Waals surface area contributed by atoms with Gasteiger partial charge in [0.05, 0.1) is 24.4 Å². The highest BCUT2D eigenvalue weighted by Gasteiger charge is 2.34. The van der Waals surface area contributed by atoms with E-state index in [1.165, 1.54) is 6.92 Å². The molecular formula is C18H30O4. The highest BCUT2D eigenvalue weighted by molar-refractivity contribution is 5.76. The third-order valence-corrected chi connectivity index (χ3v) is 4.52. The van der Waals surface area contributed by atoms with Gasteiger partial charge in [-0.05, 0) is 26.3 Å². The number of hydrogen-bond donors (Lipinski definition) is 2. The van der Waals surface area contributed by atoms with Crippen molar-refractivity contribution in [2.24, 2.45) is 11.8 Å². The van der Waals surface area contributed by atoms with Gasteiger partial charge >= 0.3 is 0 Å². The van der Waals surface area contributed by atoms with Crippen LogP contribution in [0, 0.1) is 11.8 Å². The van der Waals surface area contributed by atoms with Gasteiger partial charge in [-0.2, -0.15) is 0 Å². The molecular weight excluding hydrogens is 280 g/mol. The molecule has 22 heavy (non-hydrogen) atoms. The molecule has 0 radical (unpaired) electrons. The third kappa shape index (κ3) is 5.34. The van der Waals surface area contributed by atoms with Gasteiger partial charge < -0.3 is 14.9 Å². The number of aliphatic hydroxyl groups excluding tert-OH is 2. The lowest BCUT2D eigenvalue weighted by atomic mass is 9.87. The number of Topliss-reactive ketones (excluding diaryl/α,β-unsaturated/α-hetero) is 1. The molecule has 1 aliphatic heterocycles. The van der Waals surface area contributed by atoms with Gasteiger partial charge in [-0.25, -0.2) is 0 Å². The molecule has 2 N–H and O–H groups in total. The number of hydrogen-bond acceptors (Lipinski definition) is 4. The molecule has 4 nitrogen and oxygen atoms in total. The Morgan fingerprint density at radius 2 is 2.05 bits per heavy atom. The Morgan fingerprint density at radius 3 is 2.59 bits per heavy atom. The summed E-state index contributed by atoms with van der Waals surface area (Å²) in [6.07, 6.45) is 5.15. The maximum atomic E-state index is 11.3. The van der Waals surface area contributed by atoms with Crippen LogP contribution in [0.5, 0.6) is 0 Å². The number of ketones is 1. The molecule has 0 amide bonds. The van der Waals surface area contributed by atoms with E-state index in [0.29, 0.717) is 12.8 Å². The van der Waals surface area contributed by atoms with Crippen LogP contribution in [0.2, 0.25) is 0 Å². The lowest BCUT2D eigenvalue weighted by Crippen LogP contribution is -2.42. The maximum absolute atomic E-state index is 11.3. The third-order valence-electron chi connectivity index (χ3n) is 4.52. The fourth-order valence-corrected chi connectivity index (χ4v) is 2.75. The van der Waals surface area contributed by atoms with E-state index in [9.17, 15) is 15.0 Å². The van der Waals surface area contributed by atoms with Gasteiger partial charge in [-0.1, -0.05) is 32.1 Å². The summed E-state index contributed by atoms with van der Waals surface area (Å²) in [5, 5.41) is 20.3. The fourth-order valence-electron chi connectivity index (χ4n) is 2.75. The van der Waals surface area contributed by atoms with Crippen LogP contribution >= 0.6 is 0 Å². The zero-order chi connectivity index (χ0) is 16.9. The number of aliphatic hydroxyl groups is 2. The second-order valence-electron chi connectivity index (χ2n) is 6.51. The van der Waals surface area contributed by atoms with E-state index in [2.05, 4.69) is 0 Å². The summed E-state index contributed by atoms with van der Waals surface area (Å²) >= 11 is 0. The smallest absolute Gasteiger partial charge is 0.132 e. The Morgan fingerprint density at radius 1 is 1.41 bits per heavy atom. The van der Waals surface area contributed by atoms with Gasteiger partial charge in [0.15, 0.2) is 0 Å². The first-order valence-electron chi connectivity index (χ1n) is 8.08. The van der Waals surface area contributed by atoms with Gasteiger partial charge in [-0.15, -0.1) is 0 Å². The molecule has 6 atom stereocenters. The molecule has 1 saturated heterocycles. The molecule has 1 fully saturated rings. The summed E-state index contributed by atoms with van der Waals surface area (Å²) in [5.41, 5.74) is 0.934. The minimum Gasteiger partial charge on any atom is -0.393 e. The first-order chi connectivity index (χ1) is 10.3. The van der Waals surface area contributed by atoms with Crippen LogP contribution in [-0.2, 0) is 9.53 Å². The second-order valence-corrected chi connectivity index (χ2v) is 6.51. The number of carbonyl (C=O) groups excluding carboxylic acids is 1. The van der Waals surface area contributed by atoms with Gasteiger partial charge in [0.1, 0.15) is 5.78 Å². The van der Waals surface area contributed by atoms with Crippen LogP contribution < -0.4 is 0 Å². The Balaban J connectivity index is 2.72. The molecule has 126 valence electrons. The molecule has 4 heteroatoms. The lowest BCUT2D eigenvalue weighted by Gasteiger charge is -2.37. The first-order valence-corrected chi connectivity index (χ1v) is 8.08. The predicted molar refractivity (Wildman–Crippen MR) is 87.5 cm³/mol. The lowest BCUT2D eigenvalue weighted by molar-refractivity contribution is -0.132. The van der Waals surface area contributed by atoms with Crippen molar-refractivity contribution in [3.05, 3.63) is 23.8 Å². The normalized spacial score (nSPS) is 33.0. The fraction of sp³-hybridized carbons (Fsp3) is 0.722. The van der Waals surface area contributed by atoms with Crippen LogP contribution in [0.25, 0.3) is 0 Å². The van der Waals surface area contributed by atoms with E-state index >= 15 is 0 Å². The highest BCUT2D eigenvalue weighted by Crippen LogP contribution is 2.28. The molecule has 1 rings (SSSR count). The van der Waals surface area contributed by atoms with Crippen molar-refractivity contribution in [3.8, 4) is 0 Å². The number of allylic oxidation sites excluding steroid dienone is 1. The SMILES string of the molecule is C/C=C(\C)[C@H](O)[C@@H](C)/C=C/[C@H]1O[C@@H](CC(C)=O)C[C@@H](O)[C@@H]1C. The van der Waals surface area contributed by atoms with Gasteiger partial charge in [0, 0.05) is 24.7 Å². The zero-order valence-corrected chi connectivity index (χ0v) is 14.3. The van der Waals surface area contributed by atoms with Crippen molar-refractivity contribution in [1.29, 1.82) is 0 Å². The number of carbonyl (C=O) groups is 1. The zero-order valence-electron chi connectivity index (χ0n) is 14.3. The summed E-state index contributed by atoms with van der Waals surface area (Å²) in [7, 11) is 0. The summed E-state index contributed by atoms with van der Waals surface area (Å²) in [6.45, 7) is 9.25. The highest BCUT2D eigenvalue weighted by atomic mass is 16.5. The molecule has 0 spiro atoms. The van der Waals surface area contributed by atoms with Crippen LogP contribution in [0.3, 0.4) is 0 Å². The average Bonchev–Trinajstić information content (AvgIpc) is 2.46. The van der Waals surface area contributed by atoms with Crippen molar-refractivity contribution in [1.82, 2.24) is 0 Å². The maximum Gasteiger partial charge on any atom is 0.132 e. The summed E-state index contributed by atoms with van der Waals surface area (Å²) in [4.78, 5) is 11.3. The van der Waals surface area contributed by atoms with Gasteiger partial charge in [0.2, 0.25) is 0 Å². The molecule has 1 heterocycles. The van der Waals surface area contributed by atoms with Crippen LogP contribution in [-0.4, -0.2) is 40.4 Å². The van der Waals surface area contributed by atoms with E-state index in [-0.39, 0.29) is 29.8 Å². The Labute approximate surface area is 133 Å². The Hall–Kier alpha value is -0.970. The Bertz CT molecular complexity index is 427. The van der Waals surface area contributed by atoms with Crippen LogP contribution in [0.15, 0.2) is 23.8 Å². The standard InChI is InChI=1S/C18H30O4/c1-6-11(2)18(21)12(3)7-8-17-14(5)16(20)10-15(22-17)9-13(4)19/h6-8,12,14-18,20-21H,9-10H2,1-5H3/b8-7+,11-6+/t12-,14-,15-,16+,17+,18-/m0/s1. The quantitative estimate of drug-likeness (QED) is 0.740. The van der Waals surface area contributed by atoms with Crippen LogP contribution in [0.4, 0.5) is 0 Å². The minimum absolute atomic E-state index is 0.0217. The minimum atomic E-state index is -0.516. The van der Waals surface area contributed by atoms with Crippen molar-refractivity contribution < 1.29 is 19.7 Å². The molecule has 0 aliphatic carbocycles. The largest absolute Gasteiger partial charge is 0.393 e. The predicted octanol–water partition coefficient (Wildman–Crippen LogP) is 2.64. The van der Waals surface area contributed by atoms with Crippen molar-refractivity contribution in [3.63, 3.8) is 0 Å². The summed E-state index contributed by atoms with van der Waals surface area (Å²) < 4.78 is 5.93. The monoisotopic (exact) mass is 310 g/mol. The average molecular weight is 310 g/mol. The molecule has 0 aromatic rings. The van der Waals surface area contributed by atoms with Crippen molar-refractivity contribution in [2.45, 2.75) is 71.9 Å². The Kier molecular flexibility index (Phi) is 7.46. The first kappa shape index (κ1) is 19.1. The van der Waals surface area contributed by atoms with E-state index in [1.807, 2.05) is 45.9 Å². The molecule has 1 aliphatic rings. The van der Waals surface area contributed by atoms with E-state index in [4.69, 9.17) is 4.74 Å². The van der Waals surface area contributed by atoms with Gasteiger partial charge in [-0.3, -0.25) is 4.79 Å². The van der Waals surface area contributed by atoms with E-state index in [1.54, 1.807) is 0 Å². The molecule has 0 unspecified atom stereocenters. The molecule has 0 bridgehead atoms. The summed E-state index contributed by atoms with van der Waals surface area (Å²) in [6, 6.07) is 0. The van der Waals surface area contributed by atoms with Crippen molar-refractivity contribution in [2.75, 3.05) is 0 Å². The summed E-state index contributed by atoms with van der Waals surface area (Å²) in [5.74, 6) is 0.0194. The van der Waals surface area contributed by atoms with Gasteiger partial charge in [0.25, 0.3) is 0 Å². The molecule has 0 saturated carbocycles. The van der Waals surface area contributed by atoms with E-state index < -0.39 is 12.2 Å².